The van der Waals surface area contributed by atoms with Crippen molar-refractivity contribution in [3.8, 4) is 6.01 Å². The summed E-state index contributed by atoms with van der Waals surface area (Å²) in [6.07, 6.45) is 0.0580. The Labute approximate surface area is 97.4 Å². The highest BCUT2D eigenvalue weighted by molar-refractivity contribution is 5.89. The fraction of sp³-hybridized carbons (Fsp3) is 0.556. The van der Waals surface area contributed by atoms with E-state index < -0.39 is 5.97 Å². The van der Waals surface area contributed by atoms with Crippen LogP contribution in [0.5, 0.6) is 6.01 Å². The molecule has 1 rings (SSSR count). The third-order valence-electron chi connectivity index (χ3n) is 1.96. The van der Waals surface area contributed by atoms with Crippen LogP contribution in [-0.4, -0.2) is 39.3 Å². The van der Waals surface area contributed by atoms with Gasteiger partial charge in [-0.1, -0.05) is 6.92 Å². The van der Waals surface area contributed by atoms with E-state index in [9.17, 15) is 9.59 Å². The number of carbonyl (C=O) groups excluding carboxylic acids is 1. The van der Waals surface area contributed by atoms with Crippen molar-refractivity contribution >= 4 is 17.8 Å². The predicted octanol–water partition coefficient (Wildman–Crippen LogP) is 0.253. The van der Waals surface area contributed by atoms with Crippen LogP contribution in [0.1, 0.15) is 19.8 Å². The first kappa shape index (κ1) is 12.9. The largest absolute Gasteiger partial charge is 0.481 e. The average molecular weight is 242 g/mol. The van der Waals surface area contributed by atoms with Crippen LogP contribution in [0.2, 0.25) is 0 Å². The van der Waals surface area contributed by atoms with Crippen LogP contribution in [-0.2, 0) is 9.59 Å². The number of ether oxygens (including phenoxy) is 1. The van der Waals surface area contributed by atoms with Gasteiger partial charge in [0.2, 0.25) is 11.9 Å². The summed E-state index contributed by atoms with van der Waals surface area (Å²) in [5.74, 6) is -1.31. The molecule has 1 aromatic rings. The molecular formula is C9H14N4O4. The van der Waals surface area contributed by atoms with E-state index in [1.807, 2.05) is 0 Å². The smallest absolute Gasteiger partial charge is 0.336 e. The minimum absolute atomic E-state index is 0.0485. The van der Waals surface area contributed by atoms with Crippen LogP contribution >= 0.6 is 0 Å². The monoisotopic (exact) mass is 242 g/mol. The molecule has 0 bridgehead atoms. The summed E-state index contributed by atoms with van der Waals surface area (Å²) in [4.78, 5) is 25.7. The Bertz CT molecular complexity index is 403. The van der Waals surface area contributed by atoms with Crippen molar-refractivity contribution in [2.45, 2.75) is 19.8 Å². The first-order valence-corrected chi connectivity index (χ1v) is 4.99. The lowest BCUT2D eigenvalue weighted by Gasteiger charge is -2.07. The van der Waals surface area contributed by atoms with Crippen LogP contribution < -0.4 is 10.1 Å². The number of carboxylic acid groups (broad SMARTS) is 1. The predicted molar refractivity (Wildman–Crippen MR) is 57.6 cm³/mol. The summed E-state index contributed by atoms with van der Waals surface area (Å²) in [6.45, 7) is 1.69. The first-order valence-electron chi connectivity index (χ1n) is 4.99. The molecule has 1 atom stereocenters. The van der Waals surface area contributed by atoms with Crippen molar-refractivity contribution in [3.05, 3.63) is 0 Å². The molecule has 8 nitrogen and oxygen atoms in total. The van der Waals surface area contributed by atoms with Crippen LogP contribution in [0.25, 0.3) is 0 Å². The zero-order valence-electron chi connectivity index (χ0n) is 9.56. The molecule has 0 radical (unpaired) electrons. The fourth-order valence-electron chi connectivity index (χ4n) is 1.26. The van der Waals surface area contributed by atoms with E-state index >= 15 is 0 Å². The van der Waals surface area contributed by atoms with Gasteiger partial charge >= 0.3 is 12.0 Å². The highest BCUT2D eigenvalue weighted by atomic mass is 16.5. The summed E-state index contributed by atoms with van der Waals surface area (Å²) in [5.41, 5.74) is 0. The van der Waals surface area contributed by atoms with Crippen molar-refractivity contribution in [3.63, 3.8) is 0 Å². The Morgan fingerprint density at radius 2 is 2.24 bits per heavy atom. The molecule has 3 N–H and O–H groups in total. The number of carboxylic acids is 1. The second-order valence-corrected chi connectivity index (χ2v) is 3.63. The van der Waals surface area contributed by atoms with Gasteiger partial charge in [-0.15, -0.1) is 5.10 Å². The van der Waals surface area contributed by atoms with Gasteiger partial charge in [0.1, 0.15) is 0 Å². The lowest BCUT2D eigenvalue weighted by Crippen LogP contribution is -2.17. The quantitative estimate of drug-likeness (QED) is 0.658. The summed E-state index contributed by atoms with van der Waals surface area (Å²) in [5, 5.41) is 17.1. The number of aromatic nitrogens is 3. The number of carbonyl (C=O) groups is 2. The number of aliphatic carboxylic acids is 1. The zero-order chi connectivity index (χ0) is 12.8. The molecule has 17 heavy (non-hydrogen) atoms. The maximum absolute atomic E-state index is 11.5. The highest BCUT2D eigenvalue weighted by Crippen LogP contribution is 2.10. The van der Waals surface area contributed by atoms with Gasteiger partial charge in [-0.25, -0.2) is 5.10 Å². The lowest BCUT2D eigenvalue weighted by atomic mass is 10.0. The fourth-order valence-corrected chi connectivity index (χ4v) is 1.26. The molecule has 1 unspecified atom stereocenters. The molecule has 0 saturated carbocycles. The van der Waals surface area contributed by atoms with Crippen molar-refractivity contribution in [2.24, 2.45) is 5.92 Å². The van der Waals surface area contributed by atoms with Gasteiger partial charge in [0.25, 0.3) is 0 Å². The van der Waals surface area contributed by atoms with Crippen LogP contribution in [0, 0.1) is 5.92 Å². The maximum atomic E-state index is 11.5. The van der Waals surface area contributed by atoms with Gasteiger partial charge in [0, 0.05) is 12.8 Å². The Kier molecular flexibility index (Phi) is 4.44. The summed E-state index contributed by atoms with van der Waals surface area (Å²) in [7, 11) is 1.41. The molecule has 0 aromatic carbocycles. The zero-order valence-corrected chi connectivity index (χ0v) is 9.56. The summed E-state index contributed by atoms with van der Waals surface area (Å²) in [6, 6.07) is 0.124. The number of hydrogen-bond donors (Lipinski definition) is 3. The Morgan fingerprint density at radius 3 is 2.76 bits per heavy atom. The van der Waals surface area contributed by atoms with E-state index in [1.165, 1.54) is 7.11 Å². The normalized spacial score (nSPS) is 11.9. The first-order chi connectivity index (χ1) is 8.01. The molecule has 0 fully saturated rings. The van der Waals surface area contributed by atoms with E-state index in [4.69, 9.17) is 9.84 Å². The molecule has 0 aliphatic heterocycles. The van der Waals surface area contributed by atoms with E-state index in [-0.39, 0.29) is 36.6 Å². The average Bonchev–Trinajstić information content (AvgIpc) is 2.63. The Balaban J connectivity index is 2.41. The van der Waals surface area contributed by atoms with E-state index in [0.29, 0.717) is 0 Å². The molecule has 94 valence electrons. The topological polar surface area (TPSA) is 117 Å². The van der Waals surface area contributed by atoms with Crippen LogP contribution in [0.3, 0.4) is 0 Å². The van der Waals surface area contributed by atoms with Gasteiger partial charge in [-0.05, 0) is 5.92 Å². The van der Waals surface area contributed by atoms with Gasteiger partial charge in [-0.3, -0.25) is 14.9 Å². The summed E-state index contributed by atoms with van der Waals surface area (Å²) >= 11 is 0. The number of nitrogens with zero attached hydrogens (tertiary/aromatic N) is 2. The second-order valence-electron chi connectivity index (χ2n) is 3.63. The number of H-pyrrole nitrogens is 1. The number of rotatable bonds is 6. The molecule has 1 aromatic heterocycles. The number of nitrogens with one attached hydrogen (secondary N) is 2. The molecule has 0 aliphatic carbocycles. The van der Waals surface area contributed by atoms with Gasteiger partial charge in [0.15, 0.2) is 0 Å². The van der Waals surface area contributed by atoms with Gasteiger partial charge in [0.05, 0.1) is 7.11 Å². The number of methoxy groups -OCH3 is 1. The van der Waals surface area contributed by atoms with E-state index in [2.05, 4.69) is 20.5 Å². The standard InChI is InChI=1S/C9H14N4O4/c1-5(4-7(15)16)3-6(14)10-8-11-9(17-2)13-12-8/h5H,3-4H2,1-2H3,(H,15,16)(H2,10,11,12,13,14). The molecule has 0 spiro atoms. The molecule has 0 saturated heterocycles. The number of hydrogen-bond acceptors (Lipinski definition) is 5. The second kappa shape index (κ2) is 5.83. The van der Waals surface area contributed by atoms with Crippen LogP contribution in [0.15, 0.2) is 0 Å². The van der Waals surface area contributed by atoms with Gasteiger partial charge < -0.3 is 9.84 Å². The van der Waals surface area contributed by atoms with Crippen LogP contribution in [0.4, 0.5) is 5.95 Å². The maximum Gasteiger partial charge on any atom is 0.336 e. The molecule has 1 amide bonds. The highest BCUT2D eigenvalue weighted by Gasteiger charge is 2.14. The number of aromatic amines is 1. The molecule has 1 heterocycles. The van der Waals surface area contributed by atoms with Crippen molar-refractivity contribution in [2.75, 3.05) is 12.4 Å². The van der Waals surface area contributed by atoms with E-state index in [1.54, 1.807) is 6.92 Å². The molecule has 0 aliphatic rings. The molecule has 8 heteroatoms. The number of anilines is 1. The lowest BCUT2D eigenvalue weighted by molar-refractivity contribution is -0.138. The minimum atomic E-state index is -0.924. The molecular weight excluding hydrogens is 228 g/mol. The summed E-state index contributed by atoms with van der Waals surface area (Å²) < 4.78 is 4.73. The third kappa shape index (κ3) is 4.49. The SMILES string of the molecule is COc1n[nH]c(NC(=O)CC(C)CC(=O)O)n1. The van der Waals surface area contributed by atoms with Crippen molar-refractivity contribution in [1.82, 2.24) is 15.2 Å². The minimum Gasteiger partial charge on any atom is -0.481 e. The van der Waals surface area contributed by atoms with Crippen molar-refractivity contribution in [1.29, 1.82) is 0 Å². The Morgan fingerprint density at radius 1 is 1.53 bits per heavy atom. The van der Waals surface area contributed by atoms with Gasteiger partial charge in [-0.2, -0.15) is 4.98 Å². The Hall–Kier alpha value is -2.12. The van der Waals surface area contributed by atoms with E-state index in [0.717, 1.165) is 0 Å². The van der Waals surface area contributed by atoms with Crippen molar-refractivity contribution < 1.29 is 19.4 Å². The third-order valence-corrected chi connectivity index (χ3v) is 1.96. The number of amides is 1.